The van der Waals surface area contributed by atoms with E-state index in [0.717, 1.165) is 11.1 Å². The van der Waals surface area contributed by atoms with Gasteiger partial charge in [0, 0.05) is 16.8 Å². The number of aromatic nitrogens is 1. The molecule has 0 spiro atoms. The third kappa shape index (κ3) is 2.86. The van der Waals surface area contributed by atoms with Crippen molar-refractivity contribution < 1.29 is 4.74 Å². The normalized spacial score (nSPS) is 10.4. The predicted molar refractivity (Wildman–Crippen MR) is 74.7 cm³/mol. The largest absolute Gasteiger partial charge is 0.438 e. The maximum Gasteiger partial charge on any atom is 0.222 e. The number of hydrogen-bond acceptors (Lipinski definition) is 3. The van der Waals surface area contributed by atoms with Crippen molar-refractivity contribution in [1.82, 2.24) is 4.98 Å². The van der Waals surface area contributed by atoms with Gasteiger partial charge in [-0.25, -0.2) is 4.98 Å². The highest BCUT2D eigenvalue weighted by molar-refractivity contribution is 6.30. The van der Waals surface area contributed by atoms with Crippen molar-refractivity contribution in [2.45, 2.75) is 13.8 Å². The highest BCUT2D eigenvalue weighted by atomic mass is 35.5. The third-order valence-corrected chi connectivity index (χ3v) is 2.84. The van der Waals surface area contributed by atoms with Gasteiger partial charge in [0.15, 0.2) is 0 Å². The van der Waals surface area contributed by atoms with E-state index in [2.05, 4.69) is 4.98 Å². The standard InChI is InChI=1S/C13H12Cl2N2O/c1-7-3-9(14)4-8(2)13(7)18-12-6-10(16)5-11(15)17-12/h3-6H,1-2H3,(H2,16,17). The summed E-state index contributed by atoms with van der Waals surface area (Å²) in [5.74, 6) is 1.09. The number of hydrogen-bond donors (Lipinski definition) is 1. The van der Waals surface area contributed by atoms with Crippen molar-refractivity contribution >= 4 is 28.9 Å². The second-order valence-electron chi connectivity index (χ2n) is 4.03. The first kappa shape index (κ1) is 13.0. The number of nitrogen functional groups attached to an aromatic ring is 1. The van der Waals surface area contributed by atoms with Crippen LogP contribution < -0.4 is 10.5 Å². The number of pyridine rings is 1. The minimum absolute atomic E-state index is 0.300. The molecule has 2 aromatic rings. The maximum absolute atomic E-state index is 5.96. The Kier molecular flexibility index (Phi) is 3.64. The second-order valence-corrected chi connectivity index (χ2v) is 4.86. The number of rotatable bonds is 2. The zero-order valence-electron chi connectivity index (χ0n) is 10.00. The molecular formula is C13H12Cl2N2O. The van der Waals surface area contributed by atoms with Crippen LogP contribution in [0, 0.1) is 13.8 Å². The van der Waals surface area contributed by atoms with Crippen molar-refractivity contribution in [3.05, 3.63) is 45.6 Å². The Labute approximate surface area is 115 Å². The van der Waals surface area contributed by atoms with Gasteiger partial charge >= 0.3 is 0 Å². The van der Waals surface area contributed by atoms with Crippen molar-refractivity contribution in [2.75, 3.05) is 5.73 Å². The van der Waals surface area contributed by atoms with Crippen LogP contribution in [0.15, 0.2) is 24.3 Å². The Morgan fingerprint density at radius 2 is 1.67 bits per heavy atom. The van der Waals surface area contributed by atoms with E-state index >= 15 is 0 Å². The second kappa shape index (κ2) is 5.04. The molecule has 18 heavy (non-hydrogen) atoms. The molecule has 0 saturated carbocycles. The number of anilines is 1. The third-order valence-electron chi connectivity index (χ3n) is 2.42. The van der Waals surface area contributed by atoms with Crippen LogP contribution >= 0.6 is 23.2 Å². The Balaban J connectivity index is 2.40. The number of nitrogens with two attached hydrogens (primary N) is 1. The molecule has 0 saturated heterocycles. The van der Waals surface area contributed by atoms with E-state index in [1.807, 2.05) is 26.0 Å². The van der Waals surface area contributed by atoms with E-state index in [0.29, 0.717) is 27.5 Å². The summed E-state index contributed by atoms with van der Waals surface area (Å²) in [6.07, 6.45) is 0. The van der Waals surface area contributed by atoms with Gasteiger partial charge < -0.3 is 10.5 Å². The average molecular weight is 283 g/mol. The fourth-order valence-corrected chi connectivity index (χ4v) is 2.24. The molecule has 0 bridgehead atoms. The quantitative estimate of drug-likeness (QED) is 0.832. The molecule has 1 aromatic heterocycles. The summed E-state index contributed by atoms with van der Waals surface area (Å²) in [5.41, 5.74) is 8.06. The minimum atomic E-state index is 0.300. The van der Waals surface area contributed by atoms with Crippen molar-refractivity contribution in [2.24, 2.45) is 0 Å². The maximum atomic E-state index is 5.96. The van der Waals surface area contributed by atoms with Gasteiger partial charge in [0.05, 0.1) is 0 Å². The molecule has 5 heteroatoms. The van der Waals surface area contributed by atoms with Gasteiger partial charge in [-0.15, -0.1) is 0 Å². The minimum Gasteiger partial charge on any atom is -0.438 e. The molecule has 0 unspecified atom stereocenters. The molecule has 3 nitrogen and oxygen atoms in total. The van der Waals surface area contributed by atoms with E-state index in [-0.39, 0.29) is 0 Å². The van der Waals surface area contributed by atoms with Crippen LogP contribution in [0.25, 0.3) is 0 Å². The lowest BCUT2D eigenvalue weighted by Gasteiger charge is -2.12. The van der Waals surface area contributed by atoms with Gasteiger partial charge in [-0.05, 0) is 43.2 Å². The summed E-state index contributed by atoms with van der Waals surface area (Å²) in [5, 5.41) is 0.977. The molecular weight excluding hydrogens is 271 g/mol. The van der Waals surface area contributed by atoms with Gasteiger partial charge in [0.2, 0.25) is 5.88 Å². The molecule has 1 heterocycles. The number of nitrogens with zero attached hydrogens (tertiary/aromatic N) is 1. The Bertz CT molecular complexity index is 556. The van der Waals surface area contributed by atoms with Crippen molar-refractivity contribution in [3.63, 3.8) is 0 Å². The first-order valence-corrected chi connectivity index (χ1v) is 6.09. The van der Waals surface area contributed by atoms with Gasteiger partial charge in [-0.3, -0.25) is 0 Å². The Morgan fingerprint density at radius 3 is 2.22 bits per heavy atom. The Hall–Kier alpha value is -1.45. The Morgan fingerprint density at radius 1 is 1.06 bits per heavy atom. The van der Waals surface area contributed by atoms with Gasteiger partial charge in [0.25, 0.3) is 0 Å². The smallest absolute Gasteiger partial charge is 0.222 e. The molecule has 0 aliphatic heterocycles. The van der Waals surface area contributed by atoms with Gasteiger partial charge in [-0.2, -0.15) is 0 Å². The summed E-state index contributed by atoms with van der Waals surface area (Å²) in [6, 6.07) is 6.85. The van der Waals surface area contributed by atoms with E-state index in [1.54, 1.807) is 12.1 Å². The molecule has 1 aromatic carbocycles. The average Bonchev–Trinajstić information content (AvgIpc) is 2.22. The van der Waals surface area contributed by atoms with Crippen molar-refractivity contribution in [1.29, 1.82) is 0 Å². The molecule has 0 aliphatic carbocycles. The monoisotopic (exact) mass is 282 g/mol. The van der Waals surface area contributed by atoms with Crippen LogP contribution in [0.5, 0.6) is 11.6 Å². The van der Waals surface area contributed by atoms with Crippen LogP contribution in [0.3, 0.4) is 0 Å². The number of benzene rings is 1. The molecule has 0 atom stereocenters. The van der Waals surface area contributed by atoms with E-state index in [4.69, 9.17) is 33.7 Å². The summed E-state index contributed by atoms with van der Waals surface area (Å²) >= 11 is 11.8. The molecule has 94 valence electrons. The van der Waals surface area contributed by atoms with Crippen LogP contribution in [0.2, 0.25) is 10.2 Å². The number of aryl methyl sites for hydroxylation is 2. The fourth-order valence-electron chi connectivity index (χ4n) is 1.71. The lowest BCUT2D eigenvalue weighted by Crippen LogP contribution is -1.95. The highest BCUT2D eigenvalue weighted by Gasteiger charge is 2.09. The van der Waals surface area contributed by atoms with Crippen LogP contribution in [-0.4, -0.2) is 4.98 Å². The molecule has 0 radical (unpaired) electrons. The van der Waals surface area contributed by atoms with Crippen LogP contribution in [-0.2, 0) is 0 Å². The topological polar surface area (TPSA) is 48.1 Å². The summed E-state index contributed by atoms with van der Waals surface area (Å²) < 4.78 is 5.72. The number of ether oxygens (including phenoxy) is 1. The molecule has 0 fully saturated rings. The van der Waals surface area contributed by atoms with Crippen LogP contribution in [0.4, 0.5) is 5.69 Å². The lowest BCUT2D eigenvalue weighted by molar-refractivity contribution is 0.456. The van der Waals surface area contributed by atoms with Crippen LogP contribution in [0.1, 0.15) is 11.1 Å². The highest BCUT2D eigenvalue weighted by Crippen LogP contribution is 2.31. The molecule has 0 amide bonds. The summed E-state index contributed by atoms with van der Waals surface area (Å²) in [4.78, 5) is 4.06. The number of halogens is 2. The van der Waals surface area contributed by atoms with Crippen molar-refractivity contribution in [3.8, 4) is 11.6 Å². The SMILES string of the molecule is Cc1cc(Cl)cc(C)c1Oc1cc(N)cc(Cl)n1. The first-order valence-electron chi connectivity index (χ1n) is 5.33. The summed E-state index contributed by atoms with van der Waals surface area (Å²) in [6.45, 7) is 3.84. The van der Waals surface area contributed by atoms with E-state index in [9.17, 15) is 0 Å². The summed E-state index contributed by atoms with van der Waals surface area (Å²) in [7, 11) is 0. The molecule has 0 aliphatic rings. The molecule has 2 N–H and O–H groups in total. The lowest BCUT2D eigenvalue weighted by atomic mass is 10.1. The van der Waals surface area contributed by atoms with E-state index < -0.39 is 0 Å². The van der Waals surface area contributed by atoms with Gasteiger partial charge in [0.1, 0.15) is 10.9 Å². The molecule has 2 rings (SSSR count). The zero-order valence-corrected chi connectivity index (χ0v) is 11.5. The predicted octanol–water partition coefficient (Wildman–Crippen LogP) is 4.38. The van der Waals surface area contributed by atoms with E-state index in [1.165, 1.54) is 0 Å². The zero-order chi connectivity index (χ0) is 13.3. The first-order chi connectivity index (χ1) is 8.45. The van der Waals surface area contributed by atoms with Gasteiger partial charge in [-0.1, -0.05) is 23.2 Å². The fraction of sp³-hybridized carbons (Fsp3) is 0.154.